The molecule has 1 N–H and O–H groups in total. The van der Waals surface area contributed by atoms with Gasteiger partial charge in [0.15, 0.2) is 0 Å². The van der Waals surface area contributed by atoms with Crippen LogP contribution in [-0.2, 0) is 4.79 Å². The van der Waals surface area contributed by atoms with E-state index in [1.54, 1.807) is 23.5 Å². The SMILES string of the molecule is CSc1ccccc1NC(=O)C(C)Sc1ccc(Br)cc1. The molecule has 2 nitrogen and oxygen atoms in total. The van der Waals surface area contributed by atoms with Gasteiger partial charge in [-0.15, -0.1) is 23.5 Å². The lowest BCUT2D eigenvalue weighted by atomic mass is 10.3. The lowest BCUT2D eigenvalue weighted by molar-refractivity contribution is -0.115. The molecule has 0 fully saturated rings. The molecule has 0 aliphatic heterocycles. The van der Waals surface area contributed by atoms with Gasteiger partial charge in [-0.3, -0.25) is 4.79 Å². The Balaban J connectivity index is 2.01. The molecule has 0 aliphatic rings. The van der Waals surface area contributed by atoms with E-state index >= 15 is 0 Å². The number of benzene rings is 2. The van der Waals surface area contributed by atoms with Gasteiger partial charge in [0.2, 0.25) is 5.91 Å². The zero-order valence-corrected chi connectivity index (χ0v) is 15.0. The maximum Gasteiger partial charge on any atom is 0.237 e. The van der Waals surface area contributed by atoms with E-state index in [9.17, 15) is 4.79 Å². The fourth-order valence-corrected chi connectivity index (χ4v) is 3.44. The predicted molar refractivity (Wildman–Crippen MR) is 96.3 cm³/mol. The number of carbonyl (C=O) groups excluding carboxylic acids is 1. The summed E-state index contributed by atoms with van der Waals surface area (Å²) in [5, 5.41) is 2.85. The minimum absolute atomic E-state index is 0.0180. The van der Waals surface area contributed by atoms with E-state index in [2.05, 4.69) is 21.2 Å². The second kappa shape index (κ2) is 7.92. The topological polar surface area (TPSA) is 29.1 Å². The van der Waals surface area contributed by atoms with Gasteiger partial charge in [0, 0.05) is 14.3 Å². The first kappa shape index (κ1) is 16.5. The van der Waals surface area contributed by atoms with Crippen molar-refractivity contribution in [3.05, 3.63) is 53.0 Å². The molecule has 21 heavy (non-hydrogen) atoms. The zero-order valence-electron chi connectivity index (χ0n) is 11.8. The molecule has 2 rings (SSSR count). The number of para-hydroxylation sites is 1. The molecule has 1 unspecified atom stereocenters. The maximum absolute atomic E-state index is 12.3. The van der Waals surface area contributed by atoms with Crippen molar-refractivity contribution in [2.24, 2.45) is 0 Å². The van der Waals surface area contributed by atoms with E-state index in [1.807, 2.05) is 61.7 Å². The summed E-state index contributed by atoms with van der Waals surface area (Å²) in [7, 11) is 0. The van der Waals surface area contributed by atoms with E-state index in [-0.39, 0.29) is 11.2 Å². The summed E-state index contributed by atoms with van der Waals surface area (Å²) < 4.78 is 1.04. The van der Waals surface area contributed by atoms with Crippen LogP contribution >= 0.6 is 39.5 Å². The third-order valence-corrected chi connectivity index (χ3v) is 5.30. The molecular weight excluding hydrogens is 366 g/mol. The van der Waals surface area contributed by atoms with Crippen LogP contribution in [0.4, 0.5) is 5.69 Å². The molecule has 1 amide bonds. The number of rotatable bonds is 5. The molecule has 2 aromatic carbocycles. The Morgan fingerprint density at radius 1 is 1.14 bits per heavy atom. The van der Waals surface area contributed by atoms with Gasteiger partial charge < -0.3 is 5.32 Å². The third kappa shape index (κ3) is 4.80. The Hall–Kier alpha value is -0.910. The average Bonchev–Trinajstić information content (AvgIpc) is 2.50. The molecular formula is C16H16BrNOS2. The zero-order chi connectivity index (χ0) is 15.2. The molecule has 0 saturated carbocycles. The Morgan fingerprint density at radius 3 is 2.48 bits per heavy atom. The van der Waals surface area contributed by atoms with Crippen molar-refractivity contribution in [1.82, 2.24) is 0 Å². The molecule has 5 heteroatoms. The molecule has 0 aliphatic carbocycles. The monoisotopic (exact) mass is 381 g/mol. The van der Waals surface area contributed by atoms with Crippen LogP contribution < -0.4 is 5.32 Å². The molecule has 1 atom stereocenters. The van der Waals surface area contributed by atoms with Crippen LogP contribution in [0.3, 0.4) is 0 Å². The van der Waals surface area contributed by atoms with Crippen LogP contribution in [-0.4, -0.2) is 17.4 Å². The quantitative estimate of drug-likeness (QED) is 0.713. The van der Waals surface area contributed by atoms with Crippen molar-refractivity contribution >= 4 is 51.0 Å². The second-order valence-corrected chi connectivity index (χ2v) is 7.58. The van der Waals surface area contributed by atoms with Gasteiger partial charge in [-0.25, -0.2) is 0 Å². The molecule has 2 aromatic rings. The van der Waals surface area contributed by atoms with Gasteiger partial charge in [0.05, 0.1) is 10.9 Å². The van der Waals surface area contributed by atoms with E-state index in [0.29, 0.717) is 0 Å². The number of nitrogens with one attached hydrogen (secondary N) is 1. The number of halogens is 1. The Bertz CT molecular complexity index is 616. The van der Waals surface area contributed by atoms with Crippen LogP contribution in [0.15, 0.2) is 62.8 Å². The highest BCUT2D eigenvalue weighted by Gasteiger charge is 2.15. The molecule has 110 valence electrons. The normalized spacial score (nSPS) is 12.0. The summed E-state index contributed by atoms with van der Waals surface area (Å²) in [5.41, 5.74) is 0.873. The largest absolute Gasteiger partial charge is 0.324 e. The molecule has 0 bridgehead atoms. The minimum atomic E-state index is -0.152. The summed E-state index contributed by atoms with van der Waals surface area (Å²) >= 11 is 6.59. The third-order valence-electron chi connectivity index (χ3n) is 2.86. The van der Waals surface area contributed by atoms with Crippen LogP contribution in [0.1, 0.15) is 6.92 Å². The first-order chi connectivity index (χ1) is 10.1. The smallest absolute Gasteiger partial charge is 0.237 e. The van der Waals surface area contributed by atoms with E-state index < -0.39 is 0 Å². The van der Waals surface area contributed by atoms with E-state index in [1.165, 1.54) is 0 Å². The van der Waals surface area contributed by atoms with Gasteiger partial charge in [-0.1, -0.05) is 28.1 Å². The Morgan fingerprint density at radius 2 is 1.81 bits per heavy atom. The van der Waals surface area contributed by atoms with Crippen LogP contribution in [0, 0.1) is 0 Å². The Kier molecular flexibility index (Phi) is 6.21. The highest BCUT2D eigenvalue weighted by atomic mass is 79.9. The first-order valence-electron chi connectivity index (χ1n) is 6.46. The van der Waals surface area contributed by atoms with Crippen LogP contribution in [0.2, 0.25) is 0 Å². The summed E-state index contributed by atoms with van der Waals surface area (Å²) in [6.07, 6.45) is 2.00. The maximum atomic E-state index is 12.3. The van der Waals surface area contributed by atoms with Gasteiger partial charge in [0.25, 0.3) is 0 Å². The predicted octanol–water partition coefficient (Wildman–Crippen LogP) is 5.29. The van der Waals surface area contributed by atoms with Crippen molar-refractivity contribution in [3.8, 4) is 0 Å². The summed E-state index contributed by atoms with van der Waals surface area (Å²) in [6.45, 7) is 1.92. The molecule has 0 radical (unpaired) electrons. The van der Waals surface area contributed by atoms with Crippen molar-refractivity contribution in [2.75, 3.05) is 11.6 Å². The van der Waals surface area contributed by atoms with Gasteiger partial charge >= 0.3 is 0 Å². The second-order valence-electron chi connectivity index (χ2n) is 4.40. The summed E-state index contributed by atoms with van der Waals surface area (Å²) in [6, 6.07) is 15.8. The molecule has 0 heterocycles. The number of hydrogen-bond donors (Lipinski definition) is 1. The van der Waals surface area contributed by atoms with E-state index in [4.69, 9.17) is 0 Å². The van der Waals surface area contributed by atoms with Gasteiger partial charge in [-0.05, 0) is 49.6 Å². The van der Waals surface area contributed by atoms with Crippen molar-refractivity contribution < 1.29 is 4.79 Å². The van der Waals surface area contributed by atoms with E-state index in [0.717, 1.165) is 20.0 Å². The minimum Gasteiger partial charge on any atom is -0.324 e. The number of thioether (sulfide) groups is 2. The standard InChI is InChI=1S/C16H16BrNOS2/c1-11(21-13-9-7-12(17)8-10-13)16(19)18-14-5-3-4-6-15(14)20-2/h3-11H,1-2H3,(H,18,19). The lowest BCUT2D eigenvalue weighted by Gasteiger charge is -2.14. The lowest BCUT2D eigenvalue weighted by Crippen LogP contribution is -2.22. The summed E-state index contributed by atoms with van der Waals surface area (Å²) in [5.74, 6) is 0.0180. The Labute approximate surface area is 142 Å². The highest BCUT2D eigenvalue weighted by Crippen LogP contribution is 2.28. The van der Waals surface area contributed by atoms with Crippen molar-refractivity contribution in [3.63, 3.8) is 0 Å². The number of amides is 1. The molecule has 0 spiro atoms. The van der Waals surface area contributed by atoms with Gasteiger partial charge in [0.1, 0.15) is 0 Å². The number of hydrogen-bond acceptors (Lipinski definition) is 3. The summed E-state index contributed by atoms with van der Waals surface area (Å²) in [4.78, 5) is 14.5. The molecule has 0 saturated heterocycles. The fraction of sp³-hybridized carbons (Fsp3) is 0.188. The highest BCUT2D eigenvalue weighted by molar-refractivity contribution is 9.10. The number of anilines is 1. The fourth-order valence-electron chi connectivity index (χ4n) is 1.75. The van der Waals surface area contributed by atoms with Crippen LogP contribution in [0.25, 0.3) is 0 Å². The first-order valence-corrected chi connectivity index (χ1v) is 9.36. The average molecular weight is 382 g/mol. The molecule has 0 aromatic heterocycles. The number of carbonyl (C=O) groups is 1. The van der Waals surface area contributed by atoms with Crippen molar-refractivity contribution in [2.45, 2.75) is 22.0 Å². The van der Waals surface area contributed by atoms with Crippen molar-refractivity contribution in [1.29, 1.82) is 0 Å². The van der Waals surface area contributed by atoms with Crippen LogP contribution in [0.5, 0.6) is 0 Å². The van der Waals surface area contributed by atoms with Gasteiger partial charge in [-0.2, -0.15) is 0 Å².